The van der Waals surface area contributed by atoms with Gasteiger partial charge >= 0.3 is 17.1 Å². The van der Waals surface area contributed by atoms with Crippen LogP contribution in [0.1, 0.15) is 19.3 Å². The standard InChI is InChI=1S/C15H34N2O4Si2/c1-18-22(3,14-16-8-6-5-7-9-16)21-23(4,19-2)15-17-10-12-20-13-11-17/h5-15H2,1-4H3. The molecule has 136 valence electrons. The van der Waals surface area contributed by atoms with Crippen LogP contribution in [0.25, 0.3) is 0 Å². The van der Waals surface area contributed by atoms with Gasteiger partial charge in [0.05, 0.1) is 13.2 Å². The number of rotatable bonds is 8. The van der Waals surface area contributed by atoms with E-state index in [1.165, 1.54) is 32.4 Å². The van der Waals surface area contributed by atoms with E-state index in [-0.39, 0.29) is 0 Å². The molecule has 2 fully saturated rings. The first-order valence-corrected chi connectivity index (χ1v) is 13.9. The van der Waals surface area contributed by atoms with Gasteiger partial charge in [0.15, 0.2) is 0 Å². The quantitative estimate of drug-likeness (QED) is 0.607. The average Bonchev–Trinajstić information content (AvgIpc) is 2.56. The van der Waals surface area contributed by atoms with Crippen LogP contribution < -0.4 is 0 Å². The molecule has 6 nitrogen and oxygen atoms in total. The van der Waals surface area contributed by atoms with Gasteiger partial charge in [-0.3, -0.25) is 4.90 Å². The lowest BCUT2D eigenvalue weighted by Crippen LogP contribution is -2.61. The van der Waals surface area contributed by atoms with E-state index in [9.17, 15) is 0 Å². The van der Waals surface area contributed by atoms with E-state index in [4.69, 9.17) is 17.7 Å². The first-order chi connectivity index (χ1) is 11.0. The van der Waals surface area contributed by atoms with Gasteiger partial charge in [-0.1, -0.05) is 6.42 Å². The molecule has 0 aromatic rings. The molecule has 23 heavy (non-hydrogen) atoms. The van der Waals surface area contributed by atoms with Gasteiger partial charge in [0.1, 0.15) is 0 Å². The molecule has 0 aliphatic carbocycles. The third-order valence-corrected chi connectivity index (χ3v) is 12.1. The summed E-state index contributed by atoms with van der Waals surface area (Å²) in [5, 5.41) is 0. The van der Waals surface area contributed by atoms with Crippen molar-refractivity contribution in [3.63, 3.8) is 0 Å². The summed E-state index contributed by atoms with van der Waals surface area (Å²) < 4.78 is 23.9. The van der Waals surface area contributed by atoms with Gasteiger partial charge < -0.3 is 22.6 Å². The summed E-state index contributed by atoms with van der Waals surface area (Å²) >= 11 is 0. The Bertz CT molecular complexity index is 322. The Balaban J connectivity index is 1.94. The van der Waals surface area contributed by atoms with Crippen LogP contribution in [0.2, 0.25) is 13.1 Å². The summed E-state index contributed by atoms with van der Waals surface area (Å²) in [4.78, 5) is 4.92. The summed E-state index contributed by atoms with van der Waals surface area (Å²) in [7, 11) is -0.928. The molecule has 0 N–H and O–H groups in total. The number of ether oxygens (including phenoxy) is 1. The molecular formula is C15H34N2O4Si2. The Morgan fingerprint density at radius 3 is 1.74 bits per heavy atom. The average molecular weight is 363 g/mol. The van der Waals surface area contributed by atoms with Crippen LogP contribution in [0.5, 0.6) is 0 Å². The second-order valence-corrected chi connectivity index (χ2v) is 13.8. The largest absolute Gasteiger partial charge is 0.413 e. The van der Waals surface area contributed by atoms with Crippen molar-refractivity contribution in [1.29, 1.82) is 0 Å². The van der Waals surface area contributed by atoms with E-state index in [1.54, 1.807) is 14.2 Å². The molecule has 8 heteroatoms. The fourth-order valence-corrected chi connectivity index (χ4v) is 10.8. The van der Waals surface area contributed by atoms with E-state index in [0.717, 1.165) is 38.6 Å². The van der Waals surface area contributed by atoms with Crippen molar-refractivity contribution in [3.8, 4) is 0 Å². The molecule has 0 amide bonds. The highest BCUT2D eigenvalue weighted by Gasteiger charge is 2.44. The van der Waals surface area contributed by atoms with Gasteiger partial charge in [0, 0.05) is 39.6 Å². The normalized spacial score (nSPS) is 26.6. The van der Waals surface area contributed by atoms with Crippen LogP contribution >= 0.6 is 0 Å². The van der Waals surface area contributed by atoms with Gasteiger partial charge in [-0.15, -0.1) is 0 Å². The summed E-state index contributed by atoms with van der Waals surface area (Å²) in [6.45, 7) is 10.2. The zero-order valence-corrected chi connectivity index (χ0v) is 17.3. The highest BCUT2D eigenvalue weighted by molar-refractivity contribution is 6.80. The van der Waals surface area contributed by atoms with Gasteiger partial charge in [0.25, 0.3) is 0 Å². The van der Waals surface area contributed by atoms with Crippen molar-refractivity contribution in [1.82, 2.24) is 9.80 Å². The minimum absolute atomic E-state index is 0.806. The maximum absolute atomic E-state index is 6.64. The van der Waals surface area contributed by atoms with Gasteiger partial charge in [-0.2, -0.15) is 0 Å². The second-order valence-electron chi connectivity index (χ2n) is 7.00. The van der Waals surface area contributed by atoms with E-state index in [2.05, 4.69) is 22.9 Å². The number of hydrogen-bond acceptors (Lipinski definition) is 6. The summed E-state index contributed by atoms with van der Waals surface area (Å²) in [6, 6.07) is 0. The molecule has 2 saturated heterocycles. The molecule has 0 radical (unpaired) electrons. The molecule has 2 aliphatic heterocycles. The van der Waals surface area contributed by atoms with Crippen molar-refractivity contribution in [2.45, 2.75) is 32.4 Å². The van der Waals surface area contributed by atoms with Crippen molar-refractivity contribution in [2.24, 2.45) is 0 Å². The fourth-order valence-electron chi connectivity index (χ4n) is 3.42. The van der Waals surface area contributed by atoms with Crippen molar-refractivity contribution < 1.29 is 17.7 Å². The summed E-state index contributed by atoms with van der Waals surface area (Å²) in [5.41, 5.74) is 0. The van der Waals surface area contributed by atoms with E-state index in [1.807, 2.05) is 0 Å². The van der Waals surface area contributed by atoms with Crippen LogP contribution in [-0.2, 0) is 17.7 Å². The Labute approximate surface area is 143 Å². The minimum atomic E-state index is -2.27. The van der Waals surface area contributed by atoms with Crippen LogP contribution in [0, 0.1) is 0 Å². The number of likely N-dealkylation sites (tertiary alicyclic amines) is 1. The van der Waals surface area contributed by atoms with Gasteiger partial charge in [-0.25, -0.2) is 0 Å². The van der Waals surface area contributed by atoms with Crippen molar-refractivity contribution in [3.05, 3.63) is 0 Å². The zero-order valence-electron chi connectivity index (χ0n) is 15.3. The Kier molecular flexibility index (Phi) is 7.68. The molecule has 2 aliphatic rings. The van der Waals surface area contributed by atoms with Gasteiger partial charge in [-0.05, 0) is 39.0 Å². The smallest absolute Gasteiger partial charge is 0.340 e. The Morgan fingerprint density at radius 2 is 1.26 bits per heavy atom. The van der Waals surface area contributed by atoms with Crippen LogP contribution in [-0.4, -0.2) is 92.9 Å². The first kappa shape index (κ1) is 19.5. The highest BCUT2D eigenvalue weighted by atomic mass is 28.5. The molecule has 0 spiro atoms. The zero-order chi connectivity index (χ0) is 16.8. The molecule has 0 bridgehead atoms. The SMILES string of the molecule is CO[Si](C)(CN1CCCCC1)O[Si](C)(CN1CCOCC1)OC. The predicted octanol–water partition coefficient (Wildman–Crippen LogP) is 1.34. The topological polar surface area (TPSA) is 43.4 Å². The van der Waals surface area contributed by atoms with Crippen LogP contribution in [0.15, 0.2) is 0 Å². The lowest BCUT2D eigenvalue weighted by molar-refractivity contribution is 0.0408. The Hall–Kier alpha value is 0.194. The summed E-state index contributed by atoms with van der Waals surface area (Å²) in [6.07, 6.45) is 5.77. The maximum Gasteiger partial charge on any atom is 0.340 e. The molecule has 2 atom stereocenters. The van der Waals surface area contributed by atoms with Crippen LogP contribution in [0.3, 0.4) is 0 Å². The molecule has 0 saturated carbocycles. The van der Waals surface area contributed by atoms with Crippen molar-refractivity contribution >= 4 is 17.1 Å². The van der Waals surface area contributed by atoms with E-state index < -0.39 is 17.1 Å². The Morgan fingerprint density at radius 1 is 0.783 bits per heavy atom. The number of piperidine rings is 1. The lowest BCUT2D eigenvalue weighted by atomic mass is 10.1. The van der Waals surface area contributed by atoms with Crippen molar-refractivity contribution in [2.75, 3.05) is 65.9 Å². The second kappa shape index (κ2) is 9.05. The minimum Gasteiger partial charge on any atom is -0.413 e. The number of morpholine rings is 1. The highest BCUT2D eigenvalue weighted by Crippen LogP contribution is 2.20. The molecule has 0 aromatic heterocycles. The third kappa shape index (κ3) is 6.20. The molecule has 2 unspecified atom stereocenters. The summed E-state index contributed by atoms with van der Waals surface area (Å²) in [5.74, 6) is 0. The number of hydrogen-bond donors (Lipinski definition) is 0. The van der Waals surface area contributed by atoms with Gasteiger partial charge in [0.2, 0.25) is 0 Å². The monoisotopic (exact) mass is 362 g/mol. The molecule has 2 rings (SSSR count). The third-order valence-electron chi connectivity index (χ3n) is 4.87. The molecule has 0 aromatic carbocycles. The van der Waals surface area contributed by atoms with Crippen LogP contribution in [0.4, 0.5) is 0 Å². The lowest BCUT2D eigenvalue weighted by Gasteiger charge is -2.41. The fraction of sp³-hybridized carbons (Fsp3) is 1.00. The maximum atomic E-state index is 6.64. The molecular weight excluding hydrogens is 328 g/mol. The number of nitrogens with zero attached hydrogens (tertiary/aromatic N) is 2. The van der Waals surface area contributed by atoms with E-state index in [0.29, 0.717) is 0 Å². The predicted molar refractivity (Wildman–Crippen MR) is 95.9 cm³/mol. The molecule has 2 heterocycles. The first-order valence-electron chi connectivity index (χ1n) is 8.81. The van der Waals surface area contributed by atoms with E-state index >= 15 is 0 Å².